The van der Waals surface area contributed by atoms with E-state index in [0.29, 0.717) is 0 Å². The Kier molecular flexibility index (Phi) is 4.44. The van der Waals surface area contributed by atoms with Crippen LogP contribution in [-0.2, 0) is 9.53 Å². The zero-order valence-electron chi connectivity index (χ0n) is 15.3. The molecule has 0 aliphatic heterocycles. The number of hydrogen-bond donors (Lipinski definition) is 1. The lowest BCUT2D eigenvalue weighted by Gasteiger charge is -2.59. The van der Waals surface area contributed by atoms with Crippen molar-refractivity contribution in [1.82, 2.24) is 5.32 Å². The summed E-state index contributed by atoms with van der Waals surface area (Å²) in [6, 6.07) is 2.28. The quantitative estimate of drug-likeness (QED) is 0.464. The molecular formula is C19H24N2O6. The van der Waals surface area contributed by atoms with Crippen LogP contribution < -0.4 is 5.32 Å². The van der Waals surface area contributed by atoms with Crippen molar-refractivity contribution >= 4 is 17.8 Å². The fourth-order valence-electron chi connectivity index (χ4n) is 5.88. The van der Waals surface area contributed by atoms with Gasteiger partial charge < -0.3 is 14.5 Å². The zero-order valence-corrected chi connectivity index (χ0v) is 15.3. The summed E-state index contributed by atoms with van der Waals surface area (Å²) in [5.41, 5.74) is 0.177. The lowest BCUT2D eigenvalue weighted by molar-refractivity contribution is -0.402. The molecule has 4 bridgehead atoms. The van der Waals surface area contributed by atoms with Crippen molar-refractivity contribution in [3.8, 4) is 0 Å². The Morgan fingerprint density at radius 3 is 2.37 bits per heavy atom. The molecule has 0 unspecified atom stereocenters. The second-order valence-electron chi connectivity index (χ2n) is 8.54. The third-order valence-corrected chi connectivity index (χ3v) is 6.69. The first-order valence-corrected chi connectivity index (χ1v) is 9.55. The largest absolute Gasteiger partial charge is 0.450 e. The SMILES string of the molecule is C[C@@H](NC(=O)COC(=O)c1ccc([N+](=O)[O-])o1)C12CC3CC(CC(C3)C1)C2. The molecule has 27 heavy (non-hydrogen) atoms. The average Bonchev–Trinajstić information content (AvgIpc) is 3.09. The summed E-state index contributed by atoms with van der Waals surface area (Å²) in [6.07, 6.45) is 7.55. The van der Waals surface area contributed by atoms with E-state index in [1.807, 2.05) is 0 Å². The highest BCUT2D eigenvalue weighted by atomic mass is 16.7. The summed E-state index contributed by atoms with van der Waals surface area (Å²) in [6.45, 7) is 1.63. The van der Waals surface area contributed by atoms with Crippen molar-refractivity contribution in [2.24, 2.45) is 23.2 Å². The highest BCUT2D eigenvalue weighted by Gasteiger charge is 2.53. The number of ether oxygens (including phenoxy) is 1. The minimum absolute atomic E-state index is 0.0433. The van der Waals surface area contributed by atoms with Crippen LogP contribution >= 0.6 is 0 Å². The number of nitrogens with one attached hydrogen (secondary N) is 1. The smallest absolute Gasteiger partial charge is 0.433 e. The first kappa shape index (κ1) is 18.0. The number of nitrogens with zero attached hydrogens (tertiary/aromatic N) is 1. The van der Waals surface area contributed by atoms with Crippen molar-refractivity contribution in [1.29, 1.82) is 0 Å². The number of carbonyl (C=O) groups excluding carboxylic acids is 2. The van der Waals surface area contributed by atoms with Gasteiger partial charge in [-0.05, 0) is 74.7 Å². The number of carbonyl (C=O) groups is 2. The lowest BCUT2D eigenvalue weighted by atomic mass is 9.48. The first-order chi connectivity index (χ1) is 12.8. The highest BCUT2D eigenvalue weighted by Crippen LogP contribution is 2.61. The maximum atomic E-state index is 12.3. The fourth-order valence-corrected chi connectivity index (χ4v) is 5.88. The maximum absolute atomic E-state index is 12.3. The van der Waals surface area contributed by atoms with Crippen LogP contribution in [0.3, 0.4) is 0 Å². The van der Waals surface area contributed by atoms with E-state index in [-0.39, 0.29) is 23.1 Å². The summed E-state index contributed by atoms with van der Waals surface area (Å²) in [5.74, 6) is 0.313. The van der Waals surface area contributed by atoms with E-state index >= 15 is 0 Å². The van der Waals surface area contributed by atoms with Gasteiger partial charge >= 0.3 is 11.9 Å². The molecule has 1 aromatic heterocycles. The van der Waals surface area contributed by atoms with E-state index in [4.69, 9.17) is 9.15 Å². The molecule has 146 valence electrons. The summed E-state index contributed by atoms with van der Waals surface area (Å²) < 4.78 is 9.71. The van der Waals surface area contributed by atoms with Crippen molar-refractivity contribution in [3.05, 3.63) is 28.0 Å². The fraction of sp³-hybridized carbons (Fsp3) is 0.684. The van der Waals surface area contributed by atoms with E-state index in [2.05, 4.69) is 12.2 Å². The van der Waals surface area contributed by atoms with Gasteiger partial charge in [0.2, 0.25) is 5.76 Å². The monoisotopic (exact) mass is 376 g/mol. The van der Waals surface area contributed by atoms with E-state index in [0.717, 1.165) is 29.9 Å². The summed E-state index contributed by atoms with van der Waals surface area (Å²) in [5, 5.41) is 13.6. The molecule has 1 heterocycles. The molecule has 0 saturated heterocycles. The average molecular weight is 376 g/mol. The Labute approximate surface area is 156 Å². The lowest BCUT2D eigenvalue weighted by Crippen LogP contribution is -2.56. The number of hydrogen-bond acceptors (Lipinski definition) is 6. The van der Waals surface area contributed by atoms with Crippen molar-refractivity contribution < 1.29 is 23.7 Å². The van der Waals surface area contributed by atoms with E-state index in [1.165, 1.54) is 38.5 Å². The third kappa shape index (κ3) is 3.44. The minimum atomic E-state index is -0.888. The molecule has 4 saturated carbocycles. The Bertz CT molecular complexity index is 735. The summed E-state index contributed by atoms with van der Waals surface area (Å²) >= 11 is 0. The molecule has 0 aromatic carbocycles. The van der Waals surface area contributed by atoms with Gasteiger partial charge in [0.1, 0.15) is 4.92 Å². The van der Waals surface area contributed by atoms with Crippen molar-refractivity contribution in [2.45, 2.75) is 51.5 Å². The topological polar surface area (TPSA) is 112 Å². The van der Waals surface area contributed by atoms with Crippen LogP contribution in [0.1, 0.15) is 56.0 Å². The molecule has 5 rings (SSSR count). The predicted octanol–water partition coefficient (Wildman–Crippen LogP) is 3.07. The molecule has 0 spiro atoms. The van der Waals surface area contributed by atoms with Crippen LogP contribution in [0, 0.1) is 33.3 Å². The van der Waals surface area contributed by atoms with Gasteiger partial charge in [-0.15, -0.1) is 0 Å². The Balaban J connectivity index is 1.30. The van der Waals surface area contributed by atoms with Crippen LogP contribution in [0.4, 0.5) is 5.88 Å². The third-order valence-electron chi connectivity index (χ3n) is 6.69. The van der Waals surface area contributed by atoms with Crippen molar-refractivity contribution in [2.75, 3.05) is 6.61 Å². The van der Waals surface area contributed by atoms with E-state index in [1.54, 1.807) is 0 Å². The first-order valence-electron chi connectivity index (χ1n) is 9.55. The molecule has 4 aliphatic carbocycles. The Morgan fingerprint density at radius 2 is 1.85 bits per heavy atom. The normalized spacial score (nSPS) is 32.1. The molecule has 8 heteroatoms. The molecule has 1 amide bonds. The minimum Gasteiger partial charge on any atom is -0.450 e. The van der Waals surface area contributed by atoms with Gasteiger partial charge in [-0.2, -0.15) is 0 Å². The maximum Gasteiger partial charge on any atom is 0.433 e. The predicted molar refractivity (Wildman–Crippen MR) is 93.9 cm³/mol. The summed E-state index contributed by atoms with van der Waals surface area (Å²) in [7, 11) is 0. The number of esters is 1. The van der Waals surface area contributed by atoms with Crippen LogP contribution in [0.15, 0.2) is 16.5 Å². The molecule has 4 fully saturated rings. The Hall–Kier alpha value is -2.38. The molecule has 1 aromatic rings. The molecular weight excluding hydrogens is 352 g/mol. The second-order valence-corrected chi connectivity index (χ2v) is 8.54. The standard InChI is InChI=1S/C19H24N2O6/c1-11(19-7-12-4-13(8-19)6-14(5-12)9-19)20-16(22)10-26-18(23)15-2-3-17(27-15)21(24)25/h2-3,11-14H,4-10H2,1H3,(H,20,22)/t11-,12?,13?,14?,19?/m1/s1. The van der Waals surface area contributed by atoms with Gasteiger partial charge in [-0.25, -0.2) is 4.79 Å². The van der Waals surface area contributed by atoms with E-state index < -0.39 is 23.4 Å². The zero-order chi connectivity index (χ0) is 19.2. The summed E-state index contributed by atoms with van der Waals surface area (Å²) in [4.78, 5) is 34.0. The van der Waals surface area contributed by atoms with E-state index in [9.17, 15) is 19.7 Å². The second kappa shape index (κ2) is 6.65. The number of nitro groups is 1. The molecule has 4 aliphatic rings. The molecule has 1 N–H and O–H groups in total. The van der Waals surface area contributed by atoms with Gasteiger partial charge in [-0.1, -0.05) is 0 Å². The highest BCUT2D eigenvalue weighted by molar-refractivity contribution is 5.89. The molecule has 0 radical (unpaired) electrons. The van der Waals surface area contributed by atoms with Crippen LogP contribution in [0.2, 0.25) is 0 Å². The number of rotatable bonds is 6. The molecule has 8 nitrogen and oxygen atoms in total. The number of furan rings is 1. The number of amides is 1. The van der Waals surface area contributed by atoms with Gasteiger partial charge in [-0.3, -0.25) is 14.9 Å². The molecule has 1 atom stereocenters. The van der Waals surface area contributed by atoms with Gasteiger partial charge in [0.25, 0.3) is 5.91 Å². The van der Waals surface area contributed by atoms with Crippen LogP contribution in [0.25, 0.3) is 0 Å². The van der Waals surface area contributed by atoms with Gasteiger partial charge in [0, 0.05) is 6.04 Å². The van der Waals surface area contributed by atoms with Gasteiger partial charge in [0.15, 0.2) is 6.61 Å². The van der Waals surface area contributed by atoms with Crippen molar-refractivity contribution in [3.63, 3.8) is 0 Å². The van der Waals surface area contributed by atoms with Crippen LogP contribution in [0.5, 0.6) is 0 Å². The Morgan fingerprint density at radius 1 is 1.26 bits per heavy atom. The van der Waals surface area contributed by atoms with Gasteiger partial charge in [0.05, 0.1) is 6.07 Å². The van der Waals surface area contributed by atoms with Crippen LogP contribution in [-0.4, -0.2) is 29.4 Å².